The van der Waals surface area contributed by atoms with Crippen LogP contribution in [0.25, 0.3) is 6.08 Å². The lowest BCUT2D eigenvalue weighted by Gasteiger charge is -1.87. The van der Waals surface area contributed by atoms with Gasteiger partial charge in [-0.1, -0.05) is 13.3 Å². The molecule has 0 saturated carbocycles. The van der Waals surface area contributed by atoms with Gasteiger partial charge in [-0.2, -0.15) is 0 Å². The Balaban J connectivity index is 2.63. The first kappa shape index (κ1) is 9.99. The van der Waals surface area contributed by atoms with Gasteiger partial charge in [-0.25, -0.2) is 0 Å². The molecule has 13 heavy (non-hydrogen) atoms. The van der Waals surface area contributed by atoms with Crippen LogP contribution in [-0.2, 0) is 11.2 Å². The van der Waals surface area contributed by atoms with Gasteiger partial charge in [0, 0.05) is 15.8 Å². The van der Waals surface area contributed by atoms with E-state index in [0.29, 0.717) is 0 Å². The van der Waals surface area contributed by atoms with E-state index in [1.54, 1.807) is 17.4 Å². The summed E-state index contributed by atoms with van der Waals surface area (Å²) in [4.78, 5) is 12.9. The molecule has 1 aromatic heterocycles. The van der Waals surface area contributed by atoms with Gasteiger partial charge in [0.25, 0.3) is 0 Å². The van der Waals surface area contributed by atoms with E-state index < -0.39 is 5.91 Å². The van der Waals surface area contributed by atoms with Crippen LogP contribution in [0.15, 0.2) is 18.2 Å². The number of carbonyl (C=O) groups is 1. The Hall–Kier alpha value is -1.09. The van der Waals surface area contributed by atoms with Crippen molar-refractivity contribution in [3.05, 3.63) is 28.0 Å². The lowest BCUT2D eigenvalue weighted by molar-refractivity contribution is -0.113. The Bertz CT molecular complexity index is 314. The van der Waals surface area contributed by atoms with Gasteiger partial charge in [0.2, 0.25) is 5.91 Å². The fourth-order valence-electron chi connectivity index (χ4n) is 1.03. The van der Waals surface area contributed by atoms with Crippen molar-refractivity contribution in [2.75, 3.05) is 0 Å². The molecule has 0 spiro atoms. The molecular weight excluding hydrogens is 182 g/mol. The van der Waals surface area contributed by atoms with Crippen LogP contribution in [0.3, 0.4) is 0 Å². The Morgan fingerprint density at radius 1 is 1.62 bits per heavy atom. The summed E-state index contributed by atoms with van der Waals surface area (Å²) < 4.78 is 0. The average Bonchev–Trinajstić information content (AvgIpc) is 2.50. The van der Waals surface area contributed by atoms with Crippen molar-refractivity contribution in [2.24, 2.45) is 5.73 Å². The quantitative estimate of drug-likeness (QED) is 0.735. The van der Waals surface area contributed by atoms with Gasteiger partial charge >= 0.3 is 0 Å². The van der Waals surface area contributed by atoms with Crippen molar-refractivity contribution in [1.29, 1.82) is 0 Å². The number of primary amides is 1. The van der Waals surface area contributed by atoms with Crippen LogP contribution in [0.1, 0.15) is 23.1 Å². The lowest BCUT2D eigenvalue weighted by Crippen LogP contribution is -2.04. The molecule has 2 N–H and O–H groups in total. The first-order chi connectivity index (χ1) is 6.22. The summed E-state index contributed by atoms with van der Waals surface area (Å²) in [6.45, 7) is 2.15. The molecule has 1 heterocycles. The highest BCUT2D eigenvalue weighted by Gasteiger charge is 1.95. The van der Waals surface area contributed by atoms with E-state index in [0.717, 1.165) is 17.7 Å². The van der Waals surface area contributed by atoms with Crippen molar-refractivity contribution in [2.45, 2.75) is 19.8 Å². The molecule has 1 rings (SSSR count). The van der Waals surface area contributed by atoms with E-state index in [4.69, 9.17) is 5.73 Å². The largest absolute Gasteiger partial charge is 0.366 e. The van der Waals surface area contributed by atoms with Gasteiger partial charge in [-0.15, -0.1) is 11.3 Å². The fourth-order valence-corrected chi connectivity index (χ4v) is 2.05. The van der Waals surface area contributed by atoms with Crippen molar-refractivity contribution >= 4 is 23.3 Å². The lowest BCUT2D eigenvalue weighted by atomic mass is 10.3. The van der Waals surface area contributed by atoms with E-state index in [-0.39, 0.29) is 0 Å². The van der Waals surface area contributed by atoms with Crippen LogP contribution >= 0.6 is 11.3 Å². The molecule has 0 unspecified atom stereocenters. The molecule has 0 radical (unpaired) electrons. The van der Waals surface area contributed by atoms with Crippen molar-refractivity contribution in [3.63, 3.8) is 0 Å². The van der Waals surface area contributed by atoms with Crippen LogP contribution < -0.4 is 5.73 Å². The third-order valence-corrected chi connectivity index (χ3v) is 2.70. The summed E-state index contributed by atoms with van der Waals surface area (Å²) in [5.41, 5.74) is 4.98. The third kappa shape index (κ3) is 3.42. The van der Waals surface area contributed by atoms with Gasteiger partial charge in [-0.3, -0.25) is 4.79 Å². The van der Waals surface area contributed by atoms with Gasteiger partial charge in [-0.05, 0) is 24.6 Å². The van der Waals surface area contributed by atoms with Gasteiger partial charge in [0.1, 0.15) is 0 Å². The number of carbonyl (C=O) groups excluding carboxylic acids is 1. The van der Waals surface area contributed by atoms with E-state index in [1.807, 2.05) is 6.07 Å². The SMILES string of the molecule is CCCc1ccc(/C=C\C(N)=O)s1. The molecule has 0 saturated heterocycles. The number of thiophene rings is 1. The highest BCUT2D eigenvalue weighted by atomic mass is 32.1. The number of hydrogen-bond acceptors (Lipinski definition) is 2. The second-order valence-corrected chi connectivity index (χ2v) is 3.99. The van der Waals surface area contributed by atoms with E-state index in [2.05, 4.69) is 13.0 Å². The maximum Gasteiger partial charge on any atom is 0.241 e. The molecule has 1 amide bonds. The van der Waals surface area contributed by atoms with Gasteiger partial charge in [0.15, 0.2) is 0 Å². The highest BCUT2D eigenvalue weighted by Crippen LogP contribution is 2.18. The summed E-state index contributed by atoms with van der Waals surface area (Å²) in [7, 11) is 0. The van der Waals surface area contributed by atoms with Gasteiger partial charge in [0.05, 0.1) is 0 Å². The zero-order valence-electron chi connectivity index (χ0n) is 7.62. The molecule has 1 aromatic rings. The molecule has 0 aliphatic carbocycles. The highest BCUT2D eigenvalue weighted by molar-refractivity contribution is 7.12. The second kappa shape index (κ2) is 4.82. The molecule has 2 nitrogen and oxygen atoms in total. The maximum absolute atomic E-state index is 10.4. The average molecular weight is 195 g/mol. The molecule has 0 bridgehead atoms. The van der Waals surface area contributed by atoms with Crippen LogP contribution in [0.4, 0.5) is 0 Å². The normalized spacial score (nSPS) is 10.8. The molecule has 0 aliphatic heterocycles. The molecule has 0 atom stereocenters. The summed E-state index contributed by atoms with van der Waals surface area (Å²) in [5, 5.41) is 0. The third-order valence-electron chi connectivity index (χ3n) is 1.59. The molecule has 70 valence electrons. The minimum atomic E-state index is -0.398. The Labute approximate surface area is 82.1 Å². The van der Waals surface area contributed by atoms with E-state index in [1.165, 1.54) is 11.0 Å². The topological polar surface area (TPSA) is 43.1 Å². The Morgan fingerprint density at radius 3 is 3.00 bits per heavy atom. The maximum atomic E-state index is 10.4. The number of aryl methyl sites for hydroxylation is 1. The number of amides is 1. The molecule has 0 fully saturated rings. The van der Waals surface area contributed by atoms with Crippen LogP contribution in [0.2, 0.25) is 0 Å². The Kier molecular flexibility index (Phi) is 3.71. The second-order valence-electron chi connectivity index (χ2n) is 2.79. The minimum absolute atomic E-state index is 0.398. The first-order valence-electron chi connectivity index (χ1n) is 4.28. The van der Waals surface area contributed by atoms with Gasteiger partial charge < -0.3 is 5.73 Å². The first-order valence-corrected chi connectivity index (χ1v) is 5.10. The molecule has 0 aliphatic rings. The smallest absolute Gasteiger partial charge is 0.241 e. The summed E-state index contributed by atoms with van der Waals surface area (Å²) in [6, 6.07) is 4.10. The van der Waals surface area contributed by atoms with Crippen LogP contribution in [-0.4, -0.2) is 5.91 Å². The standard InChI is InChI=1S/C10H13NOS/c1-2-3-8-4-5-9(13-8)6-7-10(11)12/h4-7H,2-3H2,1H3,(H2,11,12)/b7-6-. The Morgan fingerprint density at radius 2 is 2.38 bits per heavy atom. The molecule has 3 heteroatoms. The minimum Gasteiger partial charge on any atom is -0.366 e. The monoisotopic (exact) mass is 195 g/mol. The number of rotatable bonds is 4. The van der Waals surface area contributed by atoms with E-state index >= 15 is 0 Å². The zero-order valence-corrected chi connectivity index (χ0v) is 8.43. The van der Waals surface area contributed by atoms with E-state index in [9.17, 15) is 4.79 Å². The van der Waals surface area contributed by atoms with Crippen molar-refractivity contribution in [1.82, 2.24) is 0 Å². The predicted octanol–water partition coefficient (Wildman–Crippen LogP) is 2.20. The summed E-state index contributed by atoms with van der Waals surface area (Å²) in [5.74, 6) is -0.398. The van der Waals surface area contributed by atoms with Crippen LogP contribution in [0, 0.1) is 0 Å². The molecular formula is C10H13NOS. The van der Waals surface area contributed by atoms with Crippen molar-refractivity contribution in [3.8, 4) is 0 Å². The van der Waals surface area contributed by atoms with Crippen LogP contribution in [0.5, 0.6) is 0 Å². The number of hydrogen-bond donors (Lipinski definition) is 1. The van der Waals surface area contributed by atoms with Crippen molar-refractivity contribution < 1.29 is 4.79 Å². The zero-order chi connectivity index (χ0) is 9.68. The summed E-state index contributed by atoms with van der Waals surface area (Å²) >= 11 is 1.70. The number of nitrogens with two attached hydrogens (primary N) is 1. The summed E-state index contributed by atoms with van der Waals surface area (Å²) in [6.07, 6.45) is 5.41. The predicted molar refractivity (Wildman–Crippen MR) is 56.5 cm³/mol. The molecule has 0 aromatic carbocycles. The fraction of sp³-hybridized carbons (Fsp3) is 0.300.